The van der Waals surface area contributed by atoms with Crippen LogP contribution < -0.4 is 5.32 Å². The predicted octanol–water partition coefficient (Wildman–Crippen LogP) is -0.634. The summed E-state index contributed by atoms with van der Waals surface area (Å²) in [6, 6.07) is -0.244. The lowest BCUT2D eigenvalue weighted by molar-refractivity contribution is -0.158. The Balaban J connectivity index is 2.29. The second-order valence-corrected chi connectivity index (χ2v) is 3.60. The topological polar surface area (TPSA) is 75.6 Å². The zero-order valence-corrected chi connectivity index (χ0v) is 7.08. The van der Waals surface area contributed by atoms with E-state index in [4.69, 9.17) is 9.84 Å². The van der Waals surface area contributed by atoms with Crippen LogP contribution >= 0.6 is 0 Å². The summed E-state index contributed by atoms with van der Waals surface area (Å²) in [5.41, 5.74) is -1.00. The molecule has 2 fully saturated rings. The monoisotopic (exact) mass is 185 g/mol. The van der Waals surface area contributed by atoms with Crippen molar-refractivity contribution < 1.29 is 19.4 Å². The highest BCUT2D eigenvalue weighted by atomic mass is 16.5. The van der Waals surface area contributed by atoms with Gasteiger partial charge in [-0.15, -0.1) is 0 Å². The Bertz CT molecular complexity index is 265. The standard InChI is InChI=1S/C8H11NO4/c10-6-3-8(7(11)12)4-13-2-1-5(8)9-6/h5H,1-4H2,(H,9,10)(H,11,12). The first-order valence-corrected chi connectivity index (χ1v) is 4.26. The van der Waals surface area contributed by atoms with Gasteiger partial charge in [-0.1, -0.05) is 0 Å². The number of carbonyl (C=O) groups excluding carboxylic acids is 1. The van der Waals surface area contributed by atoms with Crippen molar-refractivity contribution in [2.45, 2.75) is 18.9 Å². The van der Waals surface area contributed by atoms with Crippen LogP contribution in [-0.2, 0) is 14.3 Å². The van der Waals surface area contributed by atoms with Gasteiger partial charge in [0.1, 0.15) is 5.41 Å². The smallest absolute Gasteiger partial charge is 0.314 e. The predicted molar refractivity (Wildman–Crippen MR) is 42.1 cm³/mol. The fourth-order valence-corrected chi connectivity index (χ4v) is 2.04. The van der Waals surface area contributed by atoms with Gasteiger partial charge >= 0.3 is 5.97 Å². The van der Waals surface area contributed by atoms with Gasteiger partial charge in [0.15, 0.2) is 0 Å². The van der Waals surface area contributed by atoms with E-state index in [1.165, 1.54) is 0 Å². The largest absolute Gasteiger partial charge is 0.481 e. The molecule has 1 amide bonds. The van der Waals surface area contributed by atoms with E-state index in [0.29, 0.717) is 13.0 Å². The van der Waals surface area contributed by atoms with E-state index in [0.717, 1.165) is 0 Å². The molecule has 0 spiro atoms. The molecule has 13 heavy (non-hydrogen) atoms. The van der Waals surface area contributed by atoms with Crippen LogP contribution in [0.2, 0.25) is 0 Å². The molecule has 2 heterocycles. The van der Waals surface area contributed by atoms with Gasteiger partial charge in [0.2, 0.25) is 5.91 Å². The third-order valence-electron chi connectivity index (χ3n) is 2.81. The molecule has 0 aromatic rings. The summed E-state index contributed by atoms with van der Waals surface area (Å²) in [6.07, 6.45) is 0.644. The van der Waals surface area contributed by atoms with Crippen molar-refractivity contribution in [3.05, 3.63) is 0 Å². The molecular formula is C8H11NO4. The molecule has 2 atom stereocenters. The van der Waals surface area contributed by atoms with Gasteiger partial charge in [-0.2, -0.15) is 0 Å². The summed E-state index contributed by atoms with van der Waals surface area (Å²) in [6.45, 7) is 0.672. The minimum atomic E-state index is -1.00. The second-order valence-electron chi connectivity index (χ2n) is 3.60. The van der Waals surface area contributed by atoms with Crippen molar-refractivity contribution in [3.63, 3.8) is 0 Å². The fourth-order valence-electron chi connectivity index (χ4n) is 2.04. The normalized spacial score (nSPS) is 38.2. The molecule has 2 unspecified atom stereocenters. The highest BCUT2D eigenvalue weighted by molar-refractivity contribution is 5.90. The van der Waals surface area contributed by atoms with Crippen LogP contribution in [0, 0.1) is 5.41 Å². The average molecular weight is 185 g/mol. The lowest BCUT2D eigenvalue weighted by Gasteiger charge is -2.33. The first-order chi connectivity index (χ1) is 6.15. The Kier molecular flexibility index (Phi) is 1.76. The SMILES string of the molecule is O=C1CC2(C(=O)O)COCCC2N1. The summed E-state index contributed by atoms with van der Waals surface area (Å²) in [5, 5.41) is 11.7. The minimum absolute atomic E-state index is 0.0486. The van der Waals surface area contributed by atoms with E-state index < -0.39 is 11.4 Å². The van der Waals surface area contributed by atoms with Crippen molar-refractivity contribution in [1.82, 2.24) is 5.32 Å². The Labute approximate surface area is 75.1 Å². The van der Waals surface area contributed by atoms with E-state index in [1.54, 1.807) is 0 Å². The maximum absolute atomic E-state index is 11.1. The molecule has 2 aliphatic rings. The van der Waals surface area contributed by atoms with Crippen LogP contribution in [0.1, 0.15) is 12.8 Å². The first kappa shape index (κ1) is 8.50. The van der Waals surface area contributed by atoms with E-state index in [-0.39, 0.29) is 25.0 Å². The summed E-state index contributed by atoms with van der Waals surface area (Å²) >= 11 is 0. The van der Waals surface area contributed by atoms with E-state index in [1.807, 2.05) is 0 Å². The zero-order chi connectivity index (χ0) is 9.47. The van der Waals surface area contributed by atoms with Crippen molar-refractivity contribution >= 4 is 11.9 Å². The van der Waals surface area contributed by atoms with Gasteiger partial charge in [0.25, 0.3) is 0 Å². The van der Waals surface area contributed by atoms with Crippen LogP contribution in [-0.4, -0.2) is 36.2 Å². The number of nitrogens with one attached hydrogen (secondary N) is 1. The maximum atomic E-state index is 11.1. The number of fused-ring (bicyclic) bond motifs is 1. The van der Waals surface area contributed by atoms with E-state index in [2.05, 4.69) is 5.32 Å². The maximum Gasteiger partial charge on any atom is 0.314 e. The molecule has 0 aliphatic carbocycles. The van der Waals surface area contributed by atoms with Crippen LogP contribution in [0.3, 0.4) is 0 Å². The summed E-state index contributed by atoms with van der Waals surface area (Å²) in [7, 11) is 0. The number of ether oxygens (including phenoxy) is 1. The minimum Gasteiger partial charge on any atom is -0.481 e. The van der Waals surface area contributed by atoms with Crippen LogP contribution in [0.4, 0.5) is 0 Å². The molecule has 0 aromatic heterocycles. The number of carboxylic acids is 1. The number of hydrogen-bond acceptors (Lipinski definition) is 3. The zero-order valence-electron chi connectivity index (χ0n) is 7.08. The van der Waals surface area contributed by atoms with Crippen molar-refractivity contribution in [2.75, 3.05) is 13.2 Å². The number of hydrogen-bond donors (Lipinski definition) is 2. The van der Waals surface area contributed by atoms with Crippen LogP contribution in [0.15, 0.2) is 0 Å². The van der Waals surface area contributed by atoms with Crippen molar-refractivity contribution in [3.8, 4) is 0 Å². The molecule has 2 N–H and O–H groups in total. The Hall–Kier alpha value is -1.10. The van der Waals surface area contributed by atoms with Gasteiger partial charge in [-0.25, -0.2) is 0 Å². The van der Waals surface area contributed by atoms with Gasteiger partial charge < -0.3 is 15.2 Å². The van der Waals surface area contributed by atoms with Crippen LogP contribution in [0.5, 0.6) is 0 Å². The van der Waals surface area contributed by atoms with Crippen molar-refractivity contribution in [1.29, 1.82) is 0 Å². The molecule has 0 saturated carbocycles. The summed E-state index contributed by atoms with van der Waals surface area (Å²) < 4.78 is 5.12. The average Bonchev–Trinajstić information content (AvgIpc) is 2.41. The van der Waals surface area contributed by atoms with E-state index in [9.17, 15) is 9.59 Å². The lowest BCUT2D eigenvalue weighted by atomic mass is 9.78. The quantitative estimate of drug-likeness (QED) is 0.570. The molecular weight excluding hydrogens is 174 g/mol. The third-order valence-corrected chi connectivity index (χ3v) is 2.81. The van der Waals surface area contributed by atoms with Gasteiger partial charge in [-0.05, 0) is 6.42 Å². The Morgan fingerprint density at radius 1 is 1.69 bits per heavy atom. The van der Waals surface area contributed by atoms with Gasteiger partial charge in [0.05, 0.1) is 6.61 Å². The summed E-state index contributed by atoms with van der Waals surface area (Å²) in [5.74, 6) is -1.12. The Morgan fingerprint density at radius 2 is 2.46 bits per heavy atom. The highest BCUT2D eigenvalue weighted by Crippen LogP contribution is 2.37. The number of rotatable bonds is 1. The number of carboxylic acid groups (broad SMARTS) is 1. The number of amides is 1. The van der Waals surface area contributed by atoms with Gasteiger partial charge in [-0.3, -0.25) is 9.59 Å². The van der Waals surface area contributed by atoms with Gasteiger partial charge in [0, 0.05) is 19.1 Å². The third kappa shape index (κ3) is 1.11. The molecule has 2 saturated heterocycles. The summed E-state index contributed by atoms with van der Waals surface area (Å²) in [4.78, 5) is 22.1. The lowest BCUT2D eigenvalue weighted by Crippen LogP contribution is -2.49. The number of aliphatic carboxylic acids is 1. The molecule has 2 rings (SSSR count). The molecule has 2 aliphatic heterocycles. The fraction of sp³-hybridized carbons (Fsp3) is 0.750. The molecule has 72 valence electrons. The Morgan fingerprint density at radius 3 is 3.08 bits per heavy atom. The van der Waals surface area contributed by atoms with E-state index >= 15 is 0 Å². The van der Waals surface area contributed by atoms with Crippen LogP contribution in [0.25, 0.3) is 0 Å². The number of carbonyl (C=O) groups is 2. The molecule has 5 heteroatoms. The second kappa shape index (κ2) is 2.70. The first-order valence-electron chi connectivity index (χ1n) is 4.26. The molecule has 5 nitrogen and oxygen atoms in total. The van der Waals surface area contributed by atoms with Crippen molar-refractivity contribution in [2.24, 2.45) is 5.41 Å². The molecule has 0 aromatic carbocycles. The molecule has 0 radical (unpaired) electrons. The molecule has 0 bridgehead atoms. The highest BCUT2D eigenvalue weighted by Gasteiger charge is 2.54.